The predicted molar refractivity (Wildman–Crippen MR) is 77.7 cm³/mol. The average molecular weight is 261 g/mol. The highest BCUT2D eigenvalue weighted by molar-refractivity contribution is 7.98. The Kier molecular flexibility index (Phi) is 4.48. The van der Waals surface area contributed by atoms with Gasteiger partial charge in [0.05, 0.1) is 5.69 Å². The second-order valence-electron chi connectivity index (χ2n) is 4.80. The van der Waals surface area contributed by atoms with Crippen LogP contribution in [0.15, 0.2) is 34.7 Å². The van der Waals surface area contributed by atoms with Gasteiger partial charge in [-0.2, -0.15) is 11.8 Å². The summed E-state index contributed by atoms with van der Waals surface area (Å²) in [6.07, 6.45) is 0. The molecule has 18 heavy (non-hydrogen) atoms. The zero-order valence-electron chi connectivity index (χ0n) is 11.1. The fourth-order valence-corrected chi connectivity index (χ4v) is 2.71. The van der Waals surface area contributed by atoms with E-state index >= 15 is 0 Å². The topological polar surface area (TPSA) is 26.0 Å². The van der Waals surface area contributed by atoms with Crippen LogP contribution in [0.2, 0.25) is 0 Å². The van der Waals surface area contributed by atoms with Gasteiger partial charge in [0.15, 0.2) is 0 Å². The lowest BCUT2D eigenvalue weighted by Gasteiger charge is -2.02. The molecule has 0 fully saturated rings. The number of thioether (sulfide) groups is 1. The van der Waals surface area contributed by atoms with Gasteiger partial charge in [0.1, 0.15) is 5.76 Å². The number of oxazole rings is 1. The summed E-state index contributed by atoms with van der Waals surface area (Å²) in [6.45, 7) is 6.46. The summed E-state index contributed by atoms with van der Waals surface area (Å²) >= 11 is 1.91. The Morgan fingerprint density at radius 1 is 1.22 bits per heavy atom. The summed E-state index contributed by atoms with van der Waals surface area (Å²) in [6, 6.07) is 10.1. The van der Waals surface area contributed by atoms with Gasteiger partial charge in [0, 0.05) is 11.3 Å². The molecule has 0 saturated carbocycles. The van der Waals surface area contributed by atoms with Gasteiger partial charge in [-0.15, -0.1) is 0 Å². The molecule has 96 valence electrons. The van der Waals surface area contributed by atoms with Crippen LogP contribution in [0.3, 0.4) is 0 Å². The summed E-state index contributed by atoms with van der Waals surface area (Å²) in [7, 11) is 0. The molecule has 0 aliphatic rings. The highest BCUT2D eigenvalue weighted by atomic mass is 32.2. The van der Waals surface area contributed by atoms with E-state index in [-0.39, 0.29) is 0 Å². The van der Waals surface area contributed by atoms with E-state index in [0.717, 1.165) is 40.3 Å². The number of hydrogen-bond donors (Lipinski definition) is 0. The van der Waals surface area contributed by atoms with Crippen LogP contribution in [-0.4, -0.2) is 10.7 Å². The highest BCUT2D eigenvalue weighted by Gasteiger charge is 2.11. The maximum Gasteiger partial charge on any atom is 0.226 e. The SMILES string of the molecule is Cc1oc(-c2ccccc2)nc1CSCC(C)C. The molecule has 0 saturated heterocycles. The van der Waals surface area contributed by atoms with Crippen LogP contribution >= 0.6 is 11.8 Å². The summed E-state index contributed by atoms with van der Waals surface area (Å²) in [4.78, 5) is 4.59. The Morgan fingerprint density at radius 3 is 2.61 bits per heavy atom. The molecule has 2 nitrogen and oxygen atoms in total. The first-order valence-corrected chi connectivity index (χ1v) is 7.41. The van der Waals surface area contributed by atoms with Crippen molar-refractivity contribution in [1.82, 2.24) is 4.98 Å². The van der Waals surface area contributed by atoms with Gasteiger partial charge in [-0.1, -0.05) is 32.0 Å². The molecule has 0 amide bonds. The number of hydrogen-bond acceptors (Lipinski definition) is 3. The third-order valence-electron chi connectivity index (χ3n) is 2.60. The molecule has 0 unspecified atom stereocenters. The van der Waals surface area contributed by atoms with Crippen LogP contribution in [0.5, 0.6) is 0 Å². The third-order valence-corrected chi connectivity index (χ3v) is 3.98. The normalized spacial score (nSPS) is 11.1. The number of rotatable bonds is 5. The van der Waals surface area contributed by atoms with E-state index < -0.39 is 0 Å². The van der Waals surface area contributed by atoms with Gasteiger partial charge < -0.3 is 4.42 Å². The minimum absolute atomic E-state index is 0.718. The molecule has 0 atom stereocenters. The molecule has 1 aromatic heterocycles. The monoisotopic (exact) mass is 261 g/mol. The molecular weight excluding hydrogens is 242 g/mol. The smallest absolute Gasteiger partial charge is 0.226 e. The zero-order valence-corrected chi connectivity index (χ0v) is 12.0. The van der Waals surface area contributed by atoms with E-state index in [1.807, 2.05) is 49.0 Å². The lowest BCUT2D eigenvalue weighted by Crippen LogP contribution is -1.92. The van der Waals surface area contributed by atoms with Gasteiger partial charge in [-0.05, 0) is 30.7 Å². The molecular formula is C15H19NOS. The molecule has 2 aromatic rings. The molecule has 3 heteroatoms. The molecule has 0 aliphatic carbocycles. The Morgan fingerprint density at radius 2 is 1.94 bits per heavy atom. The molecule has 1 aromatic carbocycles. The summed E-state index contributed by atoms with van der Waals surface area (Å²) in [5.74, 6) is 4.47. The first kappa shape index (κ1) is 13.2. The van der Waals surface area contributed by atoms with E-state index in [0.29, 0.717) is 0 Å². The van der Waals surface area contributed by atoms with Crippen LogP contribution in [-0.2, 0) is 5.75 Å². The number of nitrogens with zero attached hydrogens (tertiary/aromatic N) is 1. The van der Waals surface area contributed by atoms with Gasteiger partial charge in [0.25, 0.3) is 0 Å². The maximum atomic E-state index is 5.73. The predicted octanol–water partition coefficient (Wildman–Crippen LogP) is 4.54. The van der Waals surface area contributed by atoms with Crippen molar-refractivity contribution in [2.24, 2.45) is 5.92 Å². The first-order valence-electron chi connectivity index (χ1n) is 6.26. The van der Waals surface area contributed by atoms with E-state index in [2.05, 4.69) is 18.8 Å². The molecule has 1 heterocycles. The maximum absolute atomic E-state index is 5.73. The summed E-state index contributed by atoms with van der Waals surface area (Å²) in [5, 5.41) is 0. The first-order chi connectivity index (χ1) is 8.66. The standard InChI is InChI=1S/C15H19NOS/c1-11(2)9-18-10-14-12(3)17-15(16-14)13-7-5-4-6-8-13/h4-8,11H,9-10H2,1-3H3. The molecule has 2 rings (SSSR count). The van der Waals surface area contributed by atoms with Crippen LogP contribution in [0, 0.1) is 12.8 Å². The summed E-state index contributed by atoms with van der Waals surface area (Å²) in [5.41, 5.74) is 2.11. The van der Waals surface area contributed by atoms with Crippen LogP contribution < -0.4 is 0 Å². The zero-order chi connectivity index (χ0) is 13.0. The van der Waals surface area contributed by atoms with Crippen molar-refractivity contribution in [2.45, 2.75) is 26.5 Å². The number of aryl methyl sites for hydroxylation is 1. The molecule has 0 radical (unpaired) electrons. The second-order valence-corrected chi connectivity index (χ2v) is 5.83. The minimum atomic E-state index is 0.718. The Labute approximate surface area is 113 Å². The average Bonchev–Trinajstić information content (AvgIpc) is 2.72. The fraction of sp³-hybridized carbons (Fsp3) is 0.400. The Hall–Kier alpha value is -1.22. The van der Waals surface area contributed by atoms with Crippen molar-refractivity contribution in [3.8, 4) is 11.5 Å². The van der Waals surface area contributed by atoms with Crippen molar-refractivity contribution in [3.63, 3.8) is 0 Å². The minimum Gasteiger partial charge on any atom is -0.441 e. The van der Waals surface area contributed by atoms with Crippen LogP contribution in [0.25, 0.3) is 11.5 Å². The van der Waals surface area contributed by atoms with Crippen molar-refractivity contribution in [1.29, 1.82) is 0 Å². The number of aromatic nitrogens is 1. The lowest BCUT2D eigenvalue weighted by atomic mass is 10.2. The van der Waals surface area contributed by atoms with Gasteiger partial charge >= 0.3 is 0 Å². The van der Waals surface area contributed by atoms with E-state index in [4.69, 9.17) is 4.42 Å². The van der Waals surface area contributed by atoms with Crippen LogP contribution in [0.4, 0.5) is 0 Å². The Bertz CT molecular complexity index is 490. The van der Waals surface area contributed by atoms with E-state index in [1.165, 1.54) is 0 Å². The van der Waals surface area contributed by atoms with E-state index in [1.54, 1.807) is 0 Å². The Balaban J connectivity index is 2.08. The number of benzene rings is 1. The lowest BCUT2D eigenvalue weighted by molar-refractivity contribution is 0.540. The van der Waals surface area contributed by atoms with Crippen molar-refractivity contribution in [2.75, 3.05) is 5.75 Å². The van der Waals surface area contributed by atoms with Gasteiger partial charge in [-0.3, -0.25) is 0 Å². The largest absolute Gasteiger partial charge is 0.441 e. The summed E-state index contributed by atoms with van der Waals surface area (Å²) < 4.78 is 5.73. The van der Waals surface area contributed by atoms with E-state index in [9.17, 15) is 0 Å². The van der Waals surface area contributed by atoms with Gasteiger partial charge in [-0.25, -0.2) is 4.98 Å². The van der Waals surface area contributed by atoms with Crippen molar-refractivity contribution in [3.05, 3.63) is 41.8 Å². The second kappa shape index (κ2) is 6.10. The highest BCUT2D eigenvalue weighted by Crippen LogP contribution is 2.24. The van der Waals surface area contributed by atoms with Gasteiger partial charge in [0.2, 0.25) is 5.89 Å². The third kappa shape index (κ3) is 3.39. The van der Waals surface area contributed by atoms with Crippen LogP contribution in [0.1, 0.15) is 25.3 Å². The fourth-order valence-electron chi connectivity index (χ4n) is 1.66. The van der Waals surface area contributed by atoms with Crippen molar-refractivity contribution < 1.29 is 4.42 Å². The molecule has 0 aliphatic heterocycles. The quantitative estimate of drug-likeness (QED) is 0.790. The molecule has 0 N–H and O–H groups in total. The molecule has 0 spiro atoms. The van der Waals surface area contributed by atoms with Crippen molar-refractivity contribution >= 4 is 11.8 Å². The molecule has 0 bridgehead atoms.